The minimum absolute atomic E-state index is 0.276. The highest BCUT2D eigenvalue weighted by Gasteiger charge is 2.17. The Balaban J connectivity index is 1.75. The quantitative estimate of drug-likeness (QED) is 0.179. The van der Waals surface area contributed by atoms with Crippen LogP contribution in [0.4, 0.5) is 10.5 Å². The predicted molar refractivity (Wildman–Crippen MR) is 140 cm³/mol. The second-order valence-electron chi connectivity index (χ2n) is 8.96. The third-order valence-corrected chi connectivity index (χ3v) is 6.20. The molecule has 176 valence electrons. The molecule has 1 heterocycles. The lowest BCUT2D eigenvalue weighted by Crippen LogP contribution is -2.33. The van der Waals surface area contributed by atoms with Gasteiger partial charge in [-0.1, -0.05) is 24.3 Å². The van der Waals surface area contributed by atoms with Crippen molar-refractivity contribution in [2.24, 2.45) is 4.99 Å². The molecule has 0 spiro atoms. The summed E-state index contributed by atoms with van der Waals surface area (Å²) in [7, 11) is 0. The first-order valence-corrected chi connectivity index (χ1v) is 11.7. The van der Waals surface area contributed by atoms with Gasteiger partial charge in [-0.25, -0.2) is 14.4 Å². The number of hydrogen-bond donors (Lipinski definition) is 2. The number of nitrogens with one attached hydrogen (secondary N) is 2. The SMILES string of the molecule is C=NC(C)(C)CCNC(=O)Nc1cc2oc3cc(=[N+](CC)CC)ccc-3nc2c2ccccc12. The number of carbonyl (C=O) groups is 1. The summed E-state index contributed by atoms with van der Waals surface area (Å²) in [5.41, 5.74) is 2.58. The normalized spacial score (nSPS) is 11.6. The van der Waals surface area contributed by atoms with E-state index in [0.29, 0.717) is 30.0 Å². The van der Waals surface area contributed by atoms with E-state index >= 15 is 0 Å². The van der Waals surface area contributed by atoms with Crippen LogP contribution < -0.4 is 20.6 Å². The first kappa shape index (κ1) is 23.4. The molecule has 2 aromatic carbocycles. The van der Waals surface area contributed by atoms with Crippen LogP contribution in [0.5, 0.6) is 0 Å². The number of carbonyl (C=O) groups excluding carboxylic acids is 1. The zero-order valence-corrected chi connectivity index (χ0v) is 20.3. The summed E-state index contributed by atoms with van der Waals surface area (Å²) in [6.45, 7) is 14.2. The lowest BCUT2D eigenvalue weighted by Gasteiger charge is -2.19. The highest BCUT2D eigenvalue weighted by Crippen LogP contribution is 2.34. The van der Waals surface area contributed by atoms with Crippen molar-refractivity contribution in [2.45, 2.75) is 39.7 Å². The van der Waals surface area contributed by atoms with Gasteiger partial charge in [-0.3, -0.25) is 4.99 Å². The second-order valence-corrected chi connectivity index (χ2v) is 8.96. The van der Waals surface area contributed by atoms with E-state index < -0.39 is 0 Å². The van der Waals surface area contributed by atoms with Crippen molar-refractivity contribution in [2.75, 3.05) is 25.0 Å². The molecule has 0 atom stereocenters. The van der Waals surface area contributed by atoms with Gasteiger partial charge in [0.1, 0.15) is 24.3 Å². The average molecular weight is 459 g/mol. The number of aromatic nitrogens is 1. The second kappa shape index (κ2) is 9.63. The fraction of sp³-hybridized carbons (Fsp3) is 0.333. The van der Waals surface area contributed by atoms with Crippen LogP contribution in [0.25, 0.3) is 33.3 Å². The third-order valence-electron chi connectivity index (χ3n) is 6.20. The summed E-state index contributed by atoms with van der Waals surface area (Å²) in [6.07, 6.45) is 0.697. The molecule has 7 heteroatoms. The van der Waals surface area contributed by atoms with E-state index in [9.17, 15) is 4.79 Å². The molecule has 2 aliphatic rings. The van der Waals surface area contributed by atoms with Crippen LogP contribution in [-0.4, -0.2) is 42.9 Å². The molecular weight excluding hydrogens is 426 g/mol. The number of aliphatic imine (C=N–C) groups is 1. The summed E-state index contributed by atoms with van der Waals surface area (Å²) in [4.78, 5) is 21.6. The van der Waals surface area contributed by atoms with Crippen molar-refractivity contribution in [3.8, 4) is 11.5 Å². The topological polar surface area (TPSA) is 82.5 Å². The van der Waals surface area contributed by atoms with Crippen LogP contribution in [0, 0.1) is 0 Å². The van der Waals surface area contributed by atoms with Gasteiger partial charge in [0.25, 0.3) is 0 Å². The van der Waals surface area contributed by atoms with E-state index in [2.05, 4.69) is 46.8 Å². The van der Waals surface area contributed by atoms with Crippen molar-refractivity contribution in [1.82, 2.24) is 14.9 Å². The molecule has 0 bridgehead atoms. The molecule has 0 saturated heterocycles. The molecule has 0 saturated carbocycles. The number of fused-ring (bicyclic) bond motifs is 4. The van der Waals surface area contributed by atoms with Crippen molar-refractivity contribution >= 4 is 40.3 Å². The number of urea groups is 1. The Kier molecular flexibility index (Phi) is 6.63. The smallest absolute Gasteiger partial charge is 0.319 e. The number of hydrogen-bond acceptors (Lipinski definition) is 4. The van der Waals surface area contributed by atoms with E-state index in [4.69, 9.17) is 9.40 Å². The first-order chi connectivity index (χ1) is 16.3. The molecule has 2 N–H and O–H groups in total. The van der Waals surface area contributed by atoms with Gasteiger partial charge in [-0.15, -0.1) is 0 Å². The van der Waals surface area contributed by atoms with Gasteiger partial charge in [0.2, 0.25) is 5.36 Å². The van der Waals surface area contributed by atoms with Crippen LogP contribution in [-0.2, 0) is 0 Å². The van der Waals surface area contributed by atoms with Crippen LogP contribution in [0.1, 0.15) is 34.1 Å². The molecule has 2 amide bonds. The monoisotopic (exact) mass is 458 g/mol. The van der Waals surface area contributed by atoms with Crippen molar-refractivity contribution in [3.63, 3.8) is 0 Å². The maximum absolute atomic E-state index is 12.6. The molecule has 7 nitrogen and oxygen atoms in total. The standard InChI is InChI=1S/C27H31N5O2/c1-6-32(7-2)18-12-13-21-23(16-18)34-24-17-22(19-10-8-9-11-20(19)25(24)30-21)31-26(33)29-15-14-27(3,4)28-5/h8-13,16-17H,5-7,14-15H2,1-4H3,(H,29,33)/p+1. The zero-order chi connectivity index (χ0) is 24.3. The molecule has 1 aliphatic heterocycles. The largest absolute Gasteiger partial charge is 0.452 e. The van der Waals surface area contributed by atoms with Crippen LogP contribution in [0.15, 0.2) is 57.9 Å². The molecular formula is C27H32N5O2+. The van der Waals surface area contributed by atoms with Crippen LogP contribution in [0.3, 0.4) is 0 Å². The zero-order valence-electron chi connectivity index (χ0n) is 20.3. The number of amides is 2. The molecule has 0 radical (unpaired) electrons. The third kappa shape index (κ3) is 4.78. The van der Waals surface area contributed by atoms with Gasteiger partial charge in [0, 0.05) is 29.4 Å². The first-order valence-electron chi connectivity index (χ1n) is 11.7. The fourth-order valence-corrected chi connectivity index (χ4v) is 4.06. The van der Waals surface area contributed by atoms with Gasteiger partial charge in [-0.05, 0) is 46.9 Å². The molecule has 0 unspecified atom stereocenters. The summed E-state index contributed by atoms with van der Waals surface area (Å²) >= 11 is 0. The molecule has 1 aliphatic carbocycles. The highest BCUT2D eigenvalue weighted by molar-refractivity contribution is 6.12. The number of anilines is 1. The number of nitrogens with zero attached hydrogens (tertiary/aromatic N) is 3. The maximum atomic E-state index is 12.6. The summed E-state index contributed by atoms with van der Waals surface area (Å²) in [6, 6.07) is 15.6. The van der Waals surface area contributed by atoms with E-state index in [0.717, 1.165) is 40.4 Å². The lowest BCUT2D eigenvalue weighted by atomic mass is 10.0. The Bertz CT molecular complexity index is 1400. The van der Waals surface area contributed by atoms with E-state index in [-0.39, 0.29) is 11.6 Å². The highest BCUT2D eigenvalue weighted by atomic mass is 16.3. The average Bonchev–Trinajstić information content (AvgIpc) is 2.83. The van der Waals surface area contributed by atoms with E-state index in [1.807, 2.05) is 56.3 Å². The molecule has 4 rings (SSSR count). The van der Waals surface area contributed by atoms with Gasteiger partial charge in [0.05, 0.1) is 17.3 Å². The lowest BCUT2D eigenvalue weighted by molar-refractivity contribution is 0.251. The molecule has 0 fully saturated rings. The fourth-order valence-electron chi connectivity index (χ4n) is 4.06. The van der Waals surface area contributed by atoms with Gasteiger partial charge in [0.15, 0.2) is 11.3 Å². The Hall–Kier alpha value is -3.74. The maximum Gasteiger partial charge on any atom is 0.319 e. The van der Waals surface area contributed by atoms with Crippen molar-refractivity contribution < 1.29 is 9.21 Å². The van der Waals surface area contributed by atoms with Crippen LogP contribution in [0.2, 0.25) is 0 Å². The predicted octanol–water partition coefficient (Wildman–Crippen LogP) is 4.89. The van der Waals surface area contributed by atoms with Gasteiger partial charge >= 0.3 is 6.03 Å². The Morgan fingerprint density at radius 2 is 1.85 bits per heavy atom. The van der Waals surface area contributed by atoms with Crippen LogP contribution >= 0.6 is 0 Å². The summed E-state index contributed by atoms with van der Waals surface area (Å²) in [5.74, 6) is 0.710. The van der Waals surface area contributed by atoms with Gasteiger partial charge in [-0.2, -0.15) is 0 Å². The Labute approximate surface area is 199 Å². The van der Waals surface area contributed by atoms with Gasteiger partial charge < -0.3 is 15.1 Å². The summed E-state index contributed by atoms with van der Waals surface area (Å²) < 4.78 is 8.58. The molecule has 0 aromatic heterocycles. The van der Waals surface area contributed by atoms with E-state index in [1.54, 1.807) is 0 Å². The number of rotatable bonds is 7. The van der Waals surface area contributed by atoms with E-state index in [1.165, 1.54) is 0 Å². The van der Waals surface area contributed by atoms with Crippen molar-refractivity contribution in [1.29, 1.82) is 0 Å². The Morgan fingerprint density at radius 1 is 1.12 bits per heavy atom. The minimum atomic E-state index is -0.279. The number of benzene rings is 3. The minimum Gasteiger partial charge on any atom is -0.452 e. The molecule has 2 aromatic rings. The summed E-state index contributed by atoms with van der Waals surface area (Å²) in [5, 5.41) is 8.81. The molecule has 34 heavy (non-hydrogen) atoms. The Morgan fingerprint density at radius 3 is 2.56 bits per heavy atom. The van der Waals surface area contributed by atoms with Crippen molar-refractivity contribution in [3.05, 3.63) is 53.9 Å².